The predicted octanol–water partition coefficient (Wildman–Crippen LogP) is 2.62. The van der Waals surface area contributed by atoms with E-state index in [1.807, 2.05) is 20.8 Å². The number of benzene rings is 1. The zero-order valence-corrected chi connectivity index (χ0v) is 14.4. The molecule has 0 aliphatic carbocycles. The molecule has 1 amide bonds. The van der Waals surface area contributed by atoms with Crippen molar-refractivity contribution in [2.45, 2.75) is 39.3 Å². The van der Waals surface area contributed by atoms with E-state index in [9.17, 15) is 9.59 Å². The summed E-state index contributed by atoms with van der Waals surface area (Å²) in [5, 5.41) is 3.50. The summed E-state index contributed by atoms with van der Waals surface area (Å²) in [6.45, 7) is 7.45. The molecule has 0 aliphatic rings. The van der Waals surface area contributed by atoms with Crippen LogP contribution in [-0.2, 0) is 14.3 Å². The number of hydrogen-bond acceptors (Lipinski definition) is 4. The molecule has 0 fully saturated rings. The first-order chi connectivity index (χ1) is 10.1. The number of nitrogens with zero attached hydrogens (tertiary/aromatic N) is 1. The minimum atomic E-state index is -0.528. The Bertz CT molecular complexity index is 523. The van der Waals surface area contributed by atoms with E-state index in [0.717, 1.165) is 5.69 Å². The largest absolute Gasteiger partial charge is 0.468 e. The minimum Gasteiger partial charge on any atom is -0.468 e. The maximum atomic E-state index is 12.4. The van der Waals surface area contributed by atoms with Gasteiger partial charge in [0, 0.05) is 16.2 Å². The number of halogens is 1. The van der Waals surface area contributed by atoms with E-state index < -0.39 is 12.0 Å². The lowest BCUT2D eigenvalue weighted by Gasteiger charge is -2.32. The third-order valence-electron chi connectivity index (χ3n) is 3.03. The molecule has 0 spiro atoms. The minimum absolute atomic E-state index is 0.0170. The van der Waals surface area contributed by atoms with Crippen molar-refractivity contribution in [3.05, 3.63) is 29.3 Å². The van der Waals surface area contributed by atoms with Crippen molar-refractivity contribution < 1.29 is 14.3 Å². The van der Waals surface area contributed by atoms with Gasteiger partial charge in [-0.3, -0.25) is 9.59 Å². The molecule has 5 nitrogen and oxygen atoms in total. The van der Waals surface area contributed by atoms with Crippen LogP contribution in [0.5, 0.6) is 0 Å². The highest BCUT2D eigenvalue weighted by atomic mass is 35.5. The Balaban J connectivity index is 3.01. The van der Waals surface area contributed by atoms with Gasteiger partial charge in [0.2, 0.25) is 5.91 Å². The van der Waals surface area contributed by atoms with Gasteiger partial charge in [0.1, 0.15) is 12.6 Å². The predicted molar refractivity (Wildman–Crippen MR) is 88.2 cm³/mol. The summed E-state index contributed by atoms with van der Waals surface area (Å²) in [6.07, 6.45) is 0. The van der Waals surface area contributed by atoms with Crippen molar-refractivity contribution in [2.24, 2.45) is 0 Å². The van der Waals surface area contributed by atoms with E-state index in [-0.39, 0.29) is 18.0 Å². The van der Waals surface area contributed by atoms with Crippen molar-refractivity contribution in [1.29, 1.82) is 0 Å². The van der Waals surface area contributed by atoms with E-state index >= 15 is 0 Å². The lowest BCUT2D eigenvalue weighted by molar-refractivity contribution is -0.139. The van der Waals surface area contributed by atoms with E-state index in [2.05, 4.69) is 5.32 Å². The van der Waals surface area contributed by atoms with Crippen molar-refractivity contribution in [3.8, 4) is 0 Å². The summed E-state index contributed by atoms with van der Waals surface area (Å²) in [6, 6.07) is 6.45. The highest BCUT2D eigenvalue weighted by molar-refractivity contribution is 6.30. The molecule has 1 N–H and O–H groups in total. The lowest BCUT2D eigenvalue weighted by atomic mass is 10.1. The number of hydrogen-bond donors (Lipinski definition) is 1. The Morgan fingerprint density at radius 2 is 1.82 bits per heavy atom. The van der Waals surface area contributed by atoms with Gasteiger partial charge < -0.3 is 15.0 Å². The van der Waals surface area contributed by atoms with E-state index in [1.54, 1.807) is 36.1 Å². The Hall–Kier alpha value is -1.75. The molecular formula is C16H23ClN2O3. The SMILES string of the molecule is COC(=O)CN(c1ccc(Cl)cc1)[C@H](C)C(=O)NC(C)(C)C. The first kappa shape index (κ1) is 18.3. The van der Waals surface area contributed by atoms with Crippen LogP contribution in [0.4, 0.5) is 5.69 Å². The molecule has 0 bridgehead atoms. The van der Waals surface area contributed by atoms with Crippen LogP contribution in [-0.4, -0.2) is 37.1 Å². The summed E-state index contributed by atoms with van der Waals surface area (Å²) in [5.74, 6) is -0.572. The second kappa shape index (κ2) is 7.49. The summed E-state index contributed by atoms with van der Waals surface area (Å²) >= 11 is 5.89. The van der Waals surface area contributed by atoms with Gasteiger partial charge in [-0.2, -0.15) is 0 Å². The second-order valence-electron chi connectivity index (χ2n) is 6.10. The van der Waals surface area contributed by atoms with Crippen molar-refractivity contribution in [3.63, 3.8) is 0 Å². The first-order valence-corrected chi connectivity index (χ1v) is 7.43. The number of esters is 1. The topological polar surface area (TPSA) is 58.6 Å². The summed E-state index contributed by atoms with van der Waals surface area (Å²) in [4.78, 5) is 25.7. The molecule has 0 heterocycles. The lowest BCUT2D eigenvalue weighted by Crippen LogP contribution is -2.52. The number of carbonyl (C=O) groups excluding carboxylic acids is 2. The number of carbonyl (C=O) groups is 2. The summed E-state index contributed by atoms with van der Waals surface area (Å²) in [5.41, 5.74) is 0.383. The van der Waals surface area contributed by atoms with Gasteiger partial charge in [-0.1, -0.05) is 11.6 Å². The molecular weight excluding hydrogens is 304 g/mol. The zero-order valence-electron chi connectivity index (χ0n) is 13.6. The number of nitrogens with one attached hydrogen (secondary N) is 1. The van der Waals surface area contributed by atoms with E-state index in [0.29, 0.717) is 5.02 Å². The number of rotatable bonds is 5. The third-order valence-corrected chi connectivity index (χ3v) is 3.28. The second-order valence-corrected chi connectivity index (χ2v) is 6.53. The van der Waals surface area contributed by atoms with Crippen LogP contribution in [0.2, 0.25) is 5.02 Å². The van der Waals surface area contributed by atoms with Crippen LogP contribution in [0.25, 0.3) is 0 Å². The smallest absolute Gasteiger partial charge is 0.325 e. The van der Waals surface area contributed by atoms with E-state index in [4.69, 9.17) is 16.3 Å². The summed E-state index contributed by atoms with van der Waals surface area (Å²) in [7, 11) is 1.32. The monoisotopic (exact) mass is 326 g/mol. The van der Waals surface area contributed by atoms with Gasteiger partial charge >= 0.3 is 5.97 Å². The Labute approximate surface area is 136 Å². The average molecular weight is 327 g/mol. The number of methoxy groups -OCH3 is 1. The first-order valence-electron chi connectivity index (χ1n) is 7.05. The highest BCUT2D eigenvalue weighted by Gasteiger charge is 2.26. The van der Waals surface area contributed by atoms with Crippen LogP contribution in [0.3, 0.4) is 0 Å². The van der Waals surface area contributed by atoms with Crippen LogP contribution >= 0.6 is 11.6 Å². The van der Waals surface area contributed by atoms with Gasteiger partial charge in [-0.05, 0) is 52.0 Å². The molecule has 0 aliphatic heterocycles. The molecule has 0 unspecified atom stereocenters. The quantitative estimate of drug-likeness (QED) is 0.845. The highest BCUT2D eigenvalue weighted by Crippen LogP contribution is 2.20. The number of anilines is 1. The van der Waals surface area contributed by atoms with Gasteiger partial charge in [-0.25, -0.2) is 0 Å². The van der Waals surface area contributed by atoms with Gasteiger partial charge in [0.05, 0.1) is 7.11 Å². The third kappa shape index (κ3) is 5.56. The van der Waals surface area contributed by atoms with Crippen LogP contribution in [0.15, 0.2) is 24.3 Å². The van der Waals surface area contributed by atoms with Crippen LogP contribution < -0.4 is 10.2 Å². The van der Waals surface area contributed by atoms with Crippen molar-refractivity contribution in [1.82, 2.24) is 5.32 Å². The average Bonchev–Trinajstić information content (AvgIpc) is 2.43. The molecule has 0 aromatic heterocycles. The molecule has 0 radical (unpaired) electrons. The molecule has 1 aromatic carbocycles. The Morgan fingerprint density at radius 3 is 2.27 bits per heavy atom. The number of ether oxygens (including phenoxy) is 1. The molecule has 1 atom stereocenters. The van der Waals surface area contributed by atoms with Crippen molar-refractivity contribution in [2.75, 3.05) is 18.6 Å². The van der Waals surface area contributed by atoms with Crippen LogP contribution in [0.1, 0.15) is 27.7 Å². The fourth-order valence-corrected chi connectivity index (χ4v) is 2.03. The molecule has 6 heteroatoms. The number of amides is 1. The maximum absolute atomic E-state index is 12.4. The Morgan fingerprint density at radius 1 is 1.27 bits per heavy atom. The molecule has 0 saturated heterocycles. The fourth-order valence-electron chi connectivity index (χ4n) is 1.90. The van der Waals surface area contributed by atoms with Crippen LogP contribution in [0, 0.1) is 0 Å². The molecule has 1 rings (SSSR count). The fraction of sp³-hybridized carbons (Fsp3) is 0.500. The maximum Gasteiger partial charge on any atom is 0.325 e. The standard InChI is InChI=1S/C16H23ClN2O3/c1-11(15(21)18-16(2,3)4)19(10-14(20)22-5)13-8-6-12(17)7-9-13/h6-9,11H,10H2,1-5H3,(H,18,21)/t11-/m1/s1. The van der Waals surface area contributed by atoms with Gasteiger partial charge in [0.15, 0.2) is 0 Å². The van der Waals surface area contributed by atoms with E-state index in [1.165, 1.54) is 7.11 Å². The normalized spacial score (nSPS) is 12.5. The summed E-state index contributed by atoms with van der Waals surface area (Å²) < 4.78 is 4.72. The van der Waals surface area contributed by atoms with Gasteiger partial charge in [0.25, 0.3) is 0 Å². The molecule has 1 aromatic rings. The Kier molecular flexibility index (Phi) is 6.23. The molecule has 122 valence electrons. The molecule has 22 heavy (non-hydrogen) atoms. The molecule has 0 saturated carbocycles. The van der Waals surface area contributed by atoms with Gasteiger partial charge in [-0.15, -0.1) is 0 Å². The zero-order chi connectivity index (χ0) is 16.9. The van der Waals surface area contributed by atoms with Crippen molar-refractivity contribution >= 4 is 29.2 Å².